The Bertz CT molecular complexity index is 1030. The zero-order chi connectivity index (χ0) is 16.1. The average molecular weight is 306 g/mol. The van der Waals surface area contributed by atoms with E-state index in [0.717, 1.165) is 44.3 Å². The highest BCUT2D eigenvalue weighted by Gasteiger charge is 2.18. The summed E-state index contributed by atoms with van der Waals surface area (Å²) in [6.45, 7) is 4.03. The van der Waals surface area contributed by atoms with Crippen molar-refractivity contribution in [2.45, 2.75) is 19.9 Å². The van der Waals surface area contributed by atoms with Gasteiger partial charge in [-0.15, -0.1) is 0 Å². The Morgan fingerprint density at radius 2 is 2.09 bits per heavy atom. The van der Waals surface area contributed by atoms with E-state index in [0.29, 0.717) is 0 Å². The third-order valence-corrected chi connectivity index (χ3v) is 4.13. The van der Waals surface area contributed by atoms with Crippen LogP contribution in [0.3, 0.4) is 0 Å². The average Bonchev–Trinajstić information content (AvgIpc) is 3.10. The van der Waals surface area contributed by atoms with Crippen molar-refractivity contribution in [3.05, 3.63) is 47.9 Å². The molecule has 0 amide bonds. The van der Waals surface area contributed by atoms with Gasteiger partial charge in [0.1, 0.15) is 11.1 Å². The molecule has 2 N–H and O–H groups in total. The maximum Gasteiger partial charge on any atom is 0.161 e. The first-order valence-electron chi connectivity index (χ1n) is 7.61. The number of rotatable bonds is 2. The molecule has 1 aromatic carbocycles. The highest BCUT2D eigenvalue weighted by Crippen LogP contribution is 2.37. The molecule has 0 aliphatic rings. The number of nitrogens with two attached hydrogens (primary N) is 1. The lowest BCUT2D eigenvalue weighted by molar-refractivity contribution is 0.654. The number of hydrogen-bond acceptors (Lipinski definition) is 4. The van der Waals surface area contributed by atoms with E-state index in [1.54, 1.807) is 4.68 Å². The van der Waals surface area contributed by atoms with Crippen molar-refractivity contribution in [3.63, 3.8) is 0 Å². The summed E-state index contributed by atoms with van der Waals surface area (Å²) in [5.41, 5.74) is 12.8. The number of aryl methyl sites for hydroxylation is 2. The summed E-state index contributed by atoms with van der Waals surface area (Å²) >= 11 is 0. The van der Waals surface area contributed by atoms with Gasteiger partial charge in [0, 0.05) is 47.6 Å². The maximum absolute atomic E-state index is 6.22. The normalized spacial score (nSPS) is 13.0. The second-order valence-corrected chi connectivity index (χ2v) is 6.06. The minimum absolute atomic E-state index is 0.0974. The standard InChI is InChI=1S/C18H18N4O/c1-10-6-14(11(2)19)17-15(7-10)16-18(23-17)13(4-5-20-16)12-8-21-22(3)9-12/h4-9,11H,19H2,1-3H3/t11-/m1/s1. The van der Waals surface area contributed by atoms with Crippen molar-refractivity contribution in [2.75, 3.05) is 0 Å². The second-order valence-electron chi connectivity index (χ2n) is 6.06. The smallest absolute Gasteiger partial charge is 0.161 e. The molecule has 0 unspecified atom stereocenters. The topological polar surface area (TPSA) is 69.9 Å². The number of hydrogen-bond donors (Lipinski definition) is 1. The fourth-order valence-electron chi connectivity index (χ4n) is 3.06. The van der Waals surface area contributed by atoms with Crippen LogP contribution >= 0.6 is 0 Å². The van der Waals surface area contributed by atoms with E-state index in [9.17, 15) is 0 Å². The number of nitrogens with zero attached hydrogens (tertiary/aromatic N) is 3. The minimum atomic E-state index is -0.0974. The summed E-state index contributed by atoms with van der Waals surface area (Å²) in [6.07, 6.45) is 5.62. The Kier molecular flexibility index (Phi) is 2.99. The Morgan fingerprint density at radius 3 is 2.78 bits per heavy atom. The fraction of sp³-hybridized carbons (Fsp3) is 0.222. The van der Waals surface area contributed by atoms with Crippen molar-refractivity contribution >= 4 is 22.1 Å². The molecule has 0 saturated heterocycles. The van der Waals surface area contributed by atoms with Gasteiger partial charge in [0.05, 0.1) is 6.20 Å². The van der Waals surface area contributed by atoms with Crippen LogP contribution in [0, 0.1) is 6.92 Å². The molecular weight excluding hydrogens is 288 g/mol. The molecule has 5 heteroatoms. The van der Waals surface area contributed by atoms with Gasteiger partial charge in [0.15, 0.2) is 5.58 Å². The molecule has 23 heavy (non-hydrogen) atoms. The summed E-state index contributed by atoms with van der Waals surface area (Å²) in [5, 5.41) is 5.26. The third-order valence-electron chi connectivity index (χ3n) is 4.13. The first-order chi connectivity index (χ1) is 11.0. The molecule has 0 spiro atoms. The molecule has 1 atom stereocenters. The van der Waals surface area contributed by atoms with Gasteiger partial charge < -0.3 is 10.2 Å². The van der Waals surface area contributed by atoms with Gasteiger partial charge in [-0.3, -0.25) is 9.67 Å². The third kappa shape index (κ3) is 2.12. The van der Waals surface area contributed by atoms with E-state index in [-0.39, 0.29) is 6.04 Å². The molecule has 3 aromatic heterocycles. The molecule has 3 heterocycles. The summed E-state index contributed by atoms with van der Waals surface area (Å²) in [4.78, 5) is 4.54. The first-order valence-corrected chi connectivity index (χ1v) is 7.61. The van der Waals surface area contributed by atoms with Crippen LogP contribution in [-0.2, 0) is 7.05 Å². The summed E-state index contributed by atoms with van der Waals surface area (Å²) in [5.74, 6) is 0. The molecule has 0 aliphatic heterocycles. The lowest BCUT2D eigenvalue weighted by Crippen LogP contribution is -2.05. The maximum atomic E-state index is 6.22. The Balaban J connectivity index is 2.11. The van der Waals surface area contributed by atoms with Crippen molar-refractivity contribution in [3.8, 4) is 11.1 Å². The fourth-order valence-corrected chi connectivity index (χ4v) is 3.06. The Morgan fingerprint density at radius 1 is 1.26 bits per heavy atom. The van der Waals surface area contributed by atoms with Gasteiger partial charge in [0.2, 0.25) is 0 Å². The van der Waals surface area contributed by atoms with Crippen molar-refractivity contribution in [2.24, 2.45) is 12.8 Å². The van der Waals surface area contributed by atoms with E-state index in [4.69, 9.17) is 10.2 Å². The largest absolute Gasteiger partial charge is 0.453 e. The van der Waals surface area contributed by atoms with Crippen LogP contribution in [0.25, 0.3) is 33.2 Å². The lowest BCUT2D eigenvalue weighted by atomic mass is 10.0. The molecule has 5 nitrogen and oxygen atoms in total. The SMILES string of the molecule is Cc1cc([C@@H](C)N)c2oc3c(-c4cnn(C)c4)ccnc3c2c1. The molecule has 0 saturated carbocycles. The van der Waals surface area contributed by atoms with Crippen LogP contribution in [0.5, 0.6) is 0 Å². The van der Waals surface area contributed by atoms with Crippen molar-refractivity contribution in [1.29, 1.82) is 0 Å². The van der Waals surface area contributed by atoms with E-state index in [1.165, 1.54) is 0 Å². The van der Waals surface area contributed by atoms with E-state index >= 15 is 0 Å². The highest BCUT2D eigenvalue weighted by atomic mass is 16.3. The number of benzene rings is 1. The van der Waals surface area contributed by atoms with Crippen molar-refractivity contribution < 1.29 is 4.42 Å². The monoisotopic (exact) mass is 306 g/mol. The molecular formula is C18H18N4O. The zero-order valence-corrected chi connectivity index (χ0v) is 13.4. The molecule has 0 aliphatic carbocycles. The zero-order valence-electron chi connectivity index (χ0n) is 13.4. The van der Waals surface area contributed by atoms with Gasteiger partial charge >= 0.3 is 0 Å². The van der Waals surface area contributed by atoms with Crippen LogP contribution in [0.2, 0.25) is 0 Å². The predicted octanol–water partition coefficient (Wildman–Crippen LogP) is 3.71. The lowest BCUT2D eigenvalue weighted by Gasteiger charge is -2.07. The van der Waals surface area contributed by atoms with Gasteiger partial charge in [-0.1, -0.05) is 6.07 Å². The van der Waals surface area contributed by atoms with Crippen LogP contribution in [0.1, 0.15) is 24.1 Å². The van der Waals surface area contributed by atoms with Crippen LogP contribution < -0.4 is 5.73 Å². The van der Waals surface area contributed by atoms with E-state index in [1.807, 2.05) is 38.6 Å². The van der Waals surface area contributed by atoms with E-state index in [2.05, 4.69) is 29.1 Å². The molecule has 0 fully saturated rings. The van der Waals surface area contributed by atoms with Gasteiger partial charge in [-0.2, -0.15) is 5.10 Å². The molecule has 116 valence electrons. The predicted molar refractivity (Wildman–Crippen MR) is 91.1 cm³/mol. The number of fused-ring (bicyclic) bond motifs is 3. The molecule has 4 aromatic rings. The van der Waals surface area contributed by atoms with E-state index < -0.39 is 0 Å². The summed E-state index contributed by atoms with van der Waals surface area (Å²) in [7, 11) is 1.90. The van der Waals surface area contributed by atoms with Gasteiger partial charge in [-0.25, -0.2) is 0 Å². The number of pyridine rings is 1. The minimum Gasteiger partial charge on any atom is -0.453 e. The Hall–Kier alpha value is -2.66. The van der Waals surface area contributed by atoms with Gasteiger partial charge in [0.25, 0.3) is 0 Å². The number of furan rings is 1. The van der Waals surface area contributed by atoms with Crippen LogP contribution in [0.4, 0.5) is 0 Å². The Labute approximate surface area is 133 Å². The summed E-state index contributed by atoms with van der Waals surface area (Å²) < 4.78 is 7.99. The highest BCUT2D eigenvalue weighted by molar-refractivity contribution is 6.08. The second kappa shape index (κ2) is 4.93. The van der Waals surface area contributed by atoms with Crippen LogP contribution in [0.15, 0.2) is 41.2 Å². The van der Waals surface area contributed by atoms with Crippen LogP contribution in [-0.4, -0.2) is 14.8 Å². The summed E-state index contributed by atoms with van der Waals surface area (Å²) in [6, 6.07) is 6.05. The first kappa shape index (κ1) is 14.0. The quantitative estimate of drug-likeness (QED) is 0.613. The van der Waals surface area contributed by atoms with Crippen molar-refractivity contribution in [1.82, 2.24) is 14.8 Å². The number of aromatic nitrogens is 3. The molecule has 0 radical (unpaired) electrons. The molecule has 4 rings (SSSR count). The molecule has 0 bridgehead atoms. The van der Waals surface area contributed by atoms with Gasteiger partial charge in [-0.05, 0) is 31.5 Å².